The van der Waals surface area contributed by atoms with E-state index in [0.717, 1.165) is 26.9 Å². The number of hydrogen-bond donors (Lipinski definition) is 0. The molecule has 2 aromatic heterocycles. The monoisotopic (exact) mass is 425 g/mol. The molecule has 2 aromatic carbocycles. The molecule has 26 heavy (non-hydrogen) atoms. The lowest BCUT2D eigenvalue weighted by Gasteiger charge is -1.99. The van der Waals surface area contributed by atoms with Crippen molar-refractivity contribution in [2.24, 2.45) is 0 Å². The number of benzene rings is 2. The number of hydrogen-bond acceptors (Lipinski definition) is 5. The number of thiazole rings is 1. The van der Waals surface area contributed by atoms with Crippen LogP contribution < -0.4 is 15.7 Å². The molecule has 0 aliphatic carbocycles. The maximum atomic E-state index is 12.7. The molecule has 0 saturated heterocycles. The topological polar surface area (TPSA) is 64.3 Å². The number of nitrogens with zero attached hydrogens (tertiary/aromatic N) is 3. The van der Waals surface area contributed by atoms with Gasteiger partial charge in [0.2, 0.25) is 4.96 Å². The molecule has 7 heteroatoms. The first-order valence-corrected chi connectivity index (χ1v) is 9.45. The minimum absolute atomic E-state index is 0.262. The standard InChI is InChI=1S/C19H12BrN3O2S/c20-14-8-4-7-13(9-14)11-16-18(25)23-19(26-16)21-17(24)15(22-23)10-12-5-2-1-3-6-12/h1-9,11H,10H2/b16-11-. The third-order valence-corrected chi connectivity index (χ3v) is 5.26. The van der Waals surface area contributed by atoms with Crippen LogP contribution in [0.15, 0.2) is 68.7 Å². The van der Waals surface area contributed by atoms with Crippen LogP contribution >= 0.6 is 27.3 Å². The van der Waals surface area contributed by atoms with Gasteiger partial charge in [0.15, 0.2) is 0 Å². The Labute approximate surface area is 160 Å². The van der Waals surface area contributed by atoms with Gasteiger partial charge < -0.3 is 0 Å². The van der Waals surface area contributed by atoms with Gasteiger partial charge in [0.25, 0.3) is 11.1 Å². The minimum Gasteiger partial charge on any atom is -0.266 e. The maximum absolute atomic E-state index is 12.7. The van der Waals surface area contributed by atoms with Crippen molar-refractivity contribution in [3.8, 4) is 0 Å². The van der Waals surface area contributed by atoms with Gasteiger partial charge in [-0.1, -0.05) is 69.7 Å². The Morgan fingerprint density at radius 1 is 1.08 bits per heavy atom. The predicted molar refractivity (Wildman–Crippen MR) is 106 cm³/mol. The summed E-state index contributed by atoms with van der Waals surface area (Å²) in [6.07, 6.45) is 2.12. The molecule has 2 heterocycles. The highest BCUT2D eigenvalue weighted by Crippen LogP contribution is 2.12. The molecule has 0 spiro atoms. The molecule has 0 aliphatic rings. The number of aromatic nitrogens is 3. The van der Waals surface area contributed by atoms with Crippen LogP contribution in [-0.4, -0.2) is 14.6 Å². The van der Waals surface area contributed by atoms with Gasteiger partial charge in [0, 0.05) is 10.9 Å². The molecule has 0 radical (unpaired) electrons. The molecule has 128 valence electrons. The molecule has 0 amide bonds. The van der Waals surface area contributed by atoms with Crippen LogP contribution in [0.1, 0.15) is 16.8 Å². The molecule has 0 N–H and O–H groups in total. The van der Waals surface area contributed by atoms with E-state index in [-0.39, 0.29) is 11.3 Å². The highest BCUT2D eigenvalue weighted by atomic mass is 79.9. The van der Waals surface area contributed by atoms with Crippen LogP contribution in [0.25, 0.3) is 11.0 Å². The van der Waals surface area contributed by atoms with E-state index in [2.05, 4.69) is 26.0 Å². The second-order valence-corrected chi connectivity index (χ2v) is 7.62. The van der Waals surface area contributed by atoms with Crippen molar-refractivity contribution in [2.75, 3.05) is 0 Å². The number of halogens is 1. The second-order valence-electron chi connectivity index (χ2n) is 5.69. The predicted octanol–water partition coefficient (Wildman–Crippen LogP) is 2.41. The summed E-state index contributed by atoms with van der Waals surface area (Å²) in [4.78, 5) is 29.3. The van der Waals surface area contributed by atoms with E-state index >= 15 is 0 Å². The average molecular weight is 426 g/mol. The van der Waals surface area contributed by atoms with Crippen molar-refractivity contribution in [1.82, 2.24) is 14.6 Å². The smallest absolute Gasteiger partial charge is 0.266 e. The quantitative estimate of drug-likeness (QED) is 0.505. The van der Waals surface area contributed by atoms with Crippen molar-refractivity contribution in [3.05, 3.63) is 101 Å². The Kier molecular flexibility index (Phi) is 4.48. The largest absolute Gasteiger partial charge is 0.296 e. The van der Waals surface area contributed by atoms with E-state index in [0.29, 0.717) is 15.9 Å². The summed E-state index contributed by atoms with van der Waals surface area (Å²) in [5.74, 6) is 0. The first kappa shape index (κ1) is 16.8. The first-order chi connectivity index (χ1) is 12.6. The summed E-state index contributed by atoms with van der Waals surface area (Å²) < 4.78 is 2.63. The summed E-state index contributed by atoms with van der Waals surface area (Å²) >= 11 is 4.57. The first-order valence-electron chi connectivity index (χ1n) is 7.84. The summed E-state index contributed by atoms with van der Waals surface area (Å²) in [6.45, 7) is 0. The Balaban J connectivity index is 1.83. The molecule has 4 aromatic rings. The average Bonchev–Trinajstić information content (AvgIpc) is 2.91. The van der Waals surface area contributed by atoms with E-state index in [1.165, 1.54) is 4.52 Å². The van der Waals surface area contributed by atoms with Crippen LogP contribution in [-0.2, 0) is 6.42 Å². The van der Waals surface area contributed by atoms with Gasteiger partial charge in [-0.3, -0.25) is 9.59 Å². The van der Waals surface area contributed by atoms with Crippen LogP contribution in [0.3, 0.4) is 0 Å². The van der Waals surface area contributed by atoms with E-state index in [1.54, 1.807) is 6.08 Å². The molecular weight excluding hydrogens is 414 g/mol. The van der Waals surface area contributed by atoms with Gasteiger partial charge in [0.05, 0.1) is 4.53 Å². The van der Waals surface area contributed by atoms with Gasteiger partial charge in [0.1, 0.15) is 5.69 Å². The fourth-order valence-corrected chi connectivity index (χ4v) is 3.91. The van der Waals surface area contributed by atoms with Crippen molar-refractivity contribution in [1.29, 1.82) is 0 Å². The minimum atomic E-state index is -0.399. The molecule has 0 bridgehead atoms. The highest BCUT2D eigenvalue weighted by Gasteiger charge is 2.11. The fraction of sp³-hybridized carbons (Fsp3) is 0.0526. The molecule has 5 nitrogen and oxygen atoms in total. The Morgan fingerprint density at radius 2 is 1.88 bits per heavy atom. The van der Waals surface area contributed by atoms with Crippen LogP contribution in [0.4, 0.5) is 0 Å². The van der Waals surface area contributed by atoms with Crippen LogP contribution in [0.5, 0.6) is 0 Å². The Morgan fingerprint density at radius 3 is 2.65 bits per heavy atom. The third kappa shape index (κ3) is 3.36. The zero-order valence-corrected chi connectivity index (χ0v) is 15.8. The SMILES string of the molecule is O=c1nc2s/c(=C\c3cccc(Br)c3)c(=O)n2nc1Cc1ccccc1. The molecule has 0 atom stereocenters. The van der Waals surface area contributed by atoms with Crippen molar-refractivity contribution < 1.29 is 0 Å². The Bertz CT molecular complexity index is 1270. The van der Waals surface area contributed by atoms with E-state index < -0.39 is 5.56 Å². The molecule has 0 aliphatic heterocycles. The van der Waals surface area contributed by atoms with Crippen molar-refractivity contribution in [3.63, 3.8) is 0 Å². The van der Waals surface area contributed by atoms with Gasteiger partial charge in [-0.05, 0) is 29.3 Å². The van der Waals surface area contributed by atoms with Gasteiger partial charge in [-0.2, -0.15) is 14.6 Å². The lowest BCUT2D eigenvalue weighted by molar-refractivity contribution is 0.811. The van der Waals surface area contributed by atoms with E-state index in [9.17, 15) is 9.59 Å². The lowest BCUT2D eigenvalue weighted by atomic mass is 10.1. The van der Waals surface area contributed by atoms with Crippen molar-refractivity contribution >= 4 is 38.3 Å². The summed E-state index contributed by atoms with van der Waals surface area (Å²) in [7, 11) is 0. The fourth-order valence-electron chi connectivity index (χ4n) is 2.59. The highest BCUT2D eigenvalue weighted by molar-refractivity contribution is 9.10. The summed E-state index contributed by atoms with van der Waals surface area (Å²) in [5.41, 5.74) is 1.42. The molecule has 4 rings (SSSR count). The zero-order valence-electron chi connectivity index (χ0n) is 13.4. The summed E-state index contributed by atoms with van der Waals surface area (Å²) in [5, 5.41) is 4.26. The third-order valence-electron chi connectivity index (χ3n) is 3.81. The van der Waals surface area contributed by atoms with Gasteiger partial charge in [-0.25, -0.2) is 0 Å². The summed E-state index contributed by atoms with van der Waals surface area (Å²) in [6, 6.07) is 17.1. The van der Waals surface area contributed by atoms with E-state index in [4.69, 9.17) is 0 Å². The van der Waals surface area contributed by atoms with E-state index in [1.807, 2.05) is 54.6 Å². The van der Waals surface area contributed by atoms with Crippen molar-refractivity contribution in [2.45, 2.75) is 6.42 Å². The molecule has 0 saturated carbocycles. The van der Waals surface area contributed by atoms with Gasteiger partial charge in [-0.15, -0.1) is 0 Å². The Hall–Kier alpha value is -2.64. The van der Waals surface area contributed by atoms with Gasteiger partial charge >= 0.3 is 0 Å². The molecule has 0 unspecified atom stereocenters. The second kappa shape index (κ2) is 6.93. The molecular formula is C19H12BrN3O2S. The lowest BCUT2D eigenvalue weighted by Crippen LogP contribution is -2.28. The van der Waals surface area contributed by atoms with Crippen LogP contribution in [0, 0.1) is 0 Å². The normalized spacial score (nSPS) is 12.0. The molecule has 0 fully saturated rings. The number of fused-ring (bicyclic) bond motifs is 1. The van der Waals surface area contributed by atoms with Crippen LogP contribution in [0.2, 0.25) is 0 Å². The maximum Gasteiger partial charge on any atom is 0.296 e. The number of rotatable bonds is 3. The zero-order chi connectivity index (χ0) is 18.1.